The first kappa shape index (κ1) is 11.7. The highest BCUT2D eigenvalue weighted by atomic mass is 19.1. The van der Waals surface area contributed by atoms with E-state index in [2.05, 4.69) is 11.4 Å². The van der Waals surface area contributed by atoms with Crippen molar-refractivity contribution < 1.29 is 4.39 Å². The summed E-state index contributed by atoms with van der Waals surface area (Å²) in [5, 5.41) is 12.7. The van der Waals surface area contributed by atoms with Crippen molar-refractivity contribution in [2.75, 3.05) is 0 Å². The molecule has 2 aliphatic rings. The molecule has 0 bridgehead atoms. The predicted molar refractivity (Wildman–Crippen MR) is 67.3 cm³/mol. The Bertz CT molecular complexity index is 492. The molecule has 3 rings (SSSR count). The summed E-state index contributed by atoms with van der Waals surface area (Å²) in [5.74, 6) is 0.0441. The van der Waals surface area contributed by atoms with Crippen LogP contribution in [0.5, 0.6) is 0 Å². The van der Waals surface area contributed by atoms with Crippen LogP contribution in [0.2, 0.25) is 0 Å². The van der Waals surface area contributed by atoms with Crippen LogP contribution in [0.3, 0.4) is 0 Å². The number of fused-ring (bicyclic) bond motifs is 1. The van der Waals surface area contributed by atoms with Crippen LogP contribution >= 0.6 is 0 Å². The molecular formula is C15H17FN2. The fourth-order valence-corrected chi connectivity index (χ4v) is 3.36. The molecule has 0 radical (unpaired) electrons. The Hall–Kier alpha value is -1.40. The highest BCUT2D eigenvalue weighted by Crippen LogP contribution is 2.35. The lowest BCUT2D eigenvalue weighted by Crippen LogP contribution is -2.34. The number of nitrogens with one attached hydrogen (secondary N) is 1. The standard InChI is InChI=1S/C15H17FN2/c16-13-5-2-4-12-11(13)7-8-15(12)18-14-6-1-3-10(14)9-17/h2,4-5,10,14-15,18H,1,3,6-8H2. The Kier molecular flexibility index (Phi) is 3.05. The number of rotatable bonds is 2. The summed E-state index contributed by atoms with van der Waals surface area (Å²) in [4.78, 5) is 0. The molecule has 18 heavy (non-hydrogen) atoms. The highest BCUT2D eigenvalue weighted by Gasteiger charge is 2.32. The summed E-state index contributed by atoms with van der Waals surface area (Å²) in [6, 6.07) is 8.24. The van der Waals surface area contributed by atoms with Crippen LogP contribution in [-0.4, -0.2) is 6.04 Å². The highest BCUT2D eigenvalue weighted by molar-refractivity contribution is 5.35. The molecule has 3 heteroatoms. The van der Waals surface area contributed by atoms with Crippen molar-refractivity contribution in [1.29, 1.82) is 5.26 Å². The summed E-state index contributed by atoms with van der Waals surface area (Å²) in [5.41, 5.74) is 1.96. The zero-order valence-electron chi connectivity index (χ0n) is 10.3. The number of benzene rings is 1. The first-order chi connectivity index (χ1) is 8.79. The summed E-state index contributed by atoms with van der Waals surface area (Å²) in [7, 11) is 0. The molecule has 0 spiro atoms. The SMILES string of the molecule is N#CC1CCCC1NC1CCc2c(F)cccc21. The zero-order chi connectivity index (χ0) is 12.5. The lowest BCUT2D eigenvalue weighted by Gasteiger charge is -2.22. The normalized spacial score (nSPS) is 30.1. The number of nitrogens with zero attached hydrogens (tertiary/aromatic N) is 1. The van der Waals surface area contributed by atoms with Crippen LogP contribution in [0, 0.1) is 23.1 Å². The van der Waals surface area contributed by atoms with Gasteiger partial charge in [0.25, 0.3) is 0 Å². The molecule has 0 heterocycles. The second-order valence-electron chi connectivity index (χ2n) is 5.34. The molecule has 3 unspecified atom stereocenters. The Morgan fingerprint density at radius 3 is 3.00 bits per heavy atom. The van der Waals surface area contributed by atoms with Crippen molar-refractivity contribution in [1.82, 2.24) is 5.32 Å². The molecule has 0 aliphatic heterocycles. The van der Waals surface area contributed by atoms with Gasteiger partial charge in [-0.15, -0.1) is 0 Å². The maximum atomic E-state index is 13.6. The van der Waals surface area contributed by atoms with E-state index in [0.29, 0.717) is 0 Å². The van der Waals surface area contributed by atoms with Crippen LogP contribution in [-0.2, 0) is 6.42 Å². The van der Waals surface area contributed by atoms with Gasteiger partial charge in [-0.3, -0.25) is 0 Å². The third-order valence-corrected chi connectivity index (χ3v) is 4.31. The smallest absolute Gasteiger partial charge is 0.126 e. The molecule has 1 aromatic carbocycles. The van der Waals surface area contributed by atoms with Gasteiger partial charge in [-0.05, 0) is 42.9 Å². The minimum Gasteiger partial charge on any atom is -0.306 e. The van der Waals surface area contributed by atoms with Gasteiger partial charge in [0.15, 0.2) is 0 Å². The van der Waals surface area contributed by atoms with Gasteiger partial charge >= 0.3 is 0 Å². The van der Waals surface area contributed by atoms with Crippen LogP contribution in [0.4, 0.5) is 4.39 Å². The van der Waals surface area contributed by atoms with Gasteiger partial charge in [0.1, 0.15) is 5.82 Å². The van der Waals surface area contributed by atoms with E-state index in [4.69, 9.17) is 5.26 Å². The molecule has 0 amide bonds. The quantitative estimate of drug-likeness (QED) is 0.867. The van der Waals surface area contributed by atoms with Crippen molar-refractivity contribution in [3.63, 3.8) is 0 Å². The first-order valence-electron chi connectivity index (χ1n) is 6.72. The largest absolute Gasteiger partial charge is 0.306 e. The molecule has 2 nitrogen and oxygen atoms in total. The van der Waals surface area contributed by atoms with Crippen molar-refractivity contribution >= 4 is 0 Å². The molecule has 94 valence electrons. The lowest BCUT2D eigenvalue weighted by atomic mass is 10.0. The summed E-state index contributed by atoms with van der Waals surface area (Å²) >= 11 is 0. The van der Waals surface area contributed by atoms with E-state index in [-0.39, 0.29) is 23.8 Å². The number of halogens is 1. The van der Waals surface area contributed by atoms with Crippen molar-refractivity contribution in [2.24, 2.45) is 5.92 Å². The van der Waals surface area contributed by atoms with E-state index < -0.39 is 0 Å². The van der Waals surface area contributed by atoms with Crippen LogP contribution < -0.4 is 5.32 Å². The molecule has 1 N–H and O–H groups in total. The molecule has 3 atom stereocenters. The van der Waals surface area contributed by atoms with Crippen LogP contribution in [0.15, 0.2) is 18.2 Å². The lowest BCUT2D eigenvalue weighted by molar-refractivity contribution is 0.400. The number of hydrogen-bond acceptors (Lipinski definition) is 2. The van der Waals surface area contributed by atoms with E-state index in [1.807, 2.05) is 6.07 Å². The fraction of sp³-hybridized carbons (Fsp3) is 0.533. The summed E-state index contributed by atoms with van der Waals surface area (Å²) < 4.78 is 13.6. The number of hydrogen-bond donors (Lipinski definition) is 1. The van der Waals surface area contributed by atoms with E-state index in [0.717, 1.165) is 43.2 Å². The predicted octanol–water partition coefficient (Wildman–Crippen LogP) is 3.09. The van der Waals surface area contributed by atoms with E-state index in [9.17, 15) is 4.39 Å². The second-order valence-corrected chi connectivity index (χ2v) is 5.34. The van der Waals surface area contributed by atoms with Crippen molar-refractivity contribution in [3.05, 3.63) is 35.1 Å². The molecule has 1 saturated carbocycles. The number of nitriles is 1. The van der Waals surface area contributed by atoms with Gasteiger partial charge in [-0.2, -0.15) is 5.26 Å². The average Bonchev–Trinajstić information content (AvgIpc) is 2.98. The fourth-order valence-electron chi connectivity index (χ4n) is 3.36. The Morgan fingerprint density at radius 1 is 1.28 bits per heavy atom. The Labute approximate surface area is 107 Å². The van der Waals surface area contributed by atoms with Crippen LogP contribution in [0.25, 0.3) is 0 Å². The van der Waals surface area contributed by atoms with Gasteiger partial charge in [0.05, 0.1) is 12.0 Å². The molecular weight excluding hydrogens is 227 g/mol. The van der Waals surface area contributed by atoms with Crippen LogP contribution in [0.1, 0.15) is 42.9 Å². The minimum atomic E-state index is -0.0833. The summed E-state index contributed by atoms with van der Waals surface area (Å²) in [6.07, 6.45) is 4.95. The summed E-state index contributed by atoms with van der Waals surface area (Å²) in [6.45, 7) is 0. The van der Waals surface area contributed by atoms with E-state index in [1.54, 1.807) is 6.07 Å². The average molecular weight is 244 g/mol. The Balaban J connectivity index is 1.77. The van der Waals surface area contributed by atoms with Crippen molar-refractivity contribution in [3.8, 4) is 6.07 Å². The molecule has 0 aromatic heterocycles. The van der Waals surface area contributed by atoms with Gasteiger partial charge in [0, 0.05) is 12.1 Å². The van der Waals surface area contributed by atoms with Crippen molar-refractivity contribution in [2.45, 2.75) is 44.2 Å². The van der Waals surface area contributed by atoms with Gasteiger partial charge in [-0.1, -0.05) is 18.6 Å². The molecule has 1 fully saturated rings. The topological polar surface area (TPSA) is 35.8 Å². The van der Waals surface area contributed by atoms with Gasteiger partial charge < -0.3 is 5.32 Å². The molecule has 2 aliphatic carbocycles. The molecule has 1 aromatic rings. The van der Waals surface area contributed by atoms with Gasteiger partial charge in [-0.25, -0.2) is 4.39 Å². The monoisotopic (exact) mass is 244 g/mol. The minimum absolute atomic E-state index is 0.0833. The molecule has 0 saturated heterocycles. The third kappa shape index (κ3) is 1.91. The van der Waals surface area contributed by atoms with Gasteiger partial charge in [0.2, 0.25) is 0 Å². The second kappa shape index (κ2) is 4.70. The zero-order valence-corrected chi connectivity index (χ0v) is 10.3. The maximum absolute atomic E-state index is 13.6. The third-order valence-electron chi connectivity index (χ3n) is 4.31. The van der Waals surface area contributed by atoms with E-state index >= 15 is 0 Å². The first-order valence-corrected chi connectivity index (χ1v) is 6.72. The maximum Gasteiger partial charge on any atom is 0.126 e. The van der Waals surface area contributed by atoms with E-state index in [1.165, 1.54) is 6.07 Å². The Morgan fingerprint density at radius 2 is 2.17 bits per heavy atom.